The first-order chi connectivity index (χ1) is 11.8. The van der Waals surface area contributed by atoms with Crippen LogP contribution < -0.4 is 0 Å². The molecule has 0 radical (unpaired) electrons. The molecule has 0 aliphatic heterocycles. The normalized spacial score (nSPS) is 31.5. The molecular weight excluding hydrogens is 290 g/mol. The summed E-state index contributed by atoms with van der Waals surface area (Å²) in [7, 11) is 0. The first-order valence-electron chi connectivity index (χ1n) is 10.5. The van der Waals surface area contributed by atoms with Gasteiger partial charge in [0.05, 0.1) is 6.07 Å². The number of hydrogen-bond acceptors (Lipinski definition) is 1. The van der Waals surface area contributed by atoms with Crippen LogP contribution in [0.4, 0.5) is 0 Å². The van der Waals surface area contributed by atoms with E-state index in [1.807, 2.05) is 12.1 Å². The fourth-order valence-corrected chi connectivity index (χ4v) is 4.76. The largest absolute Gasteiger partial charge is 0.193 e. The molecule has 0 bridgehead atoms. The Kier molecular flexibility index (Phi) is 9.26. The average Bonchev–Trinajstić information content (AvgIpc) is 2.64. The van der Waals surface area contributed by atoms with Crippen LogP contribution in [0.3, 0.4) is 0 Å². The molecule has 2 rings (SSSR count). The molecule has 0 atom stereocenters. The number of nitriles is 1. The maximum Gasteiger partial charge on any atom is 0.0912 e. The lowest BCUT2D eigenvalue weighted by atomic mass is 9.75. The first kappa shape index (κ1) is 19.3. The smallest absolute Gasteiger partial charge is 0.0912 e. The van der Waals surface area contributed by atoms with Crippen molar-refractivity contribution in [3.8, 4) is 6.07 Å². The number of allylic oxidation sites excluding steroid dienone is 4. The van der Waals surface area contributed by atoms with E-state index < -0.39 is 0 Å². The maximum absolute atomic E-state index is 8.49. The summed E-state index contributed by atoms with van der Waals surface area (Å²) in [5.74, 6) is 3.83. The van der Waals surface area contributed by atoms with Crippen LogP contribution in [0.5, 0.6) is 0 Å². The van der Waals surface area contributed by atoms with Gasteiger partial charge in [-0.05, 0) is 49.4 Å². The second-order valence-corrected chi connectivity index (χ2v) is 8.26. The quantitative estimate of drug-likeness (QED) is 0.341. The van der Waals surface area contributed by atoms with Gasteiger partial charge in [0.15, 0.2) is 0 Å². The van der Waals surface area contributed by atoms with Crippen LogP contribution in [0.15, 0.2) is 24.3 Å². The third-order valence-corrected chi connectivity index (χ3v) is 6.47. The Balaban J connectivity index is 1.56. The Bertz CT molecular complexity index is 412. The predicted octanol–water partition coefficient (Wildman–Crippen LogP) is 7.21. The highest BCUT2D eigenvalue weighted by Gasteiger charge is 2.23. The van der Waals surface area contributed by atoms with Gasteiger partial charge in [-0.15, -0.1) is 0 Å². The topological polar surface area (TPSA) is 23.8 Å². The minimum Gasteiger partial charge on any atom is -0.193 e. The van der Waals surface area contributed by atoms with E-state index in [1.54, 1.807) is 6.08 Å². The van der Waals surface area contributed by atoms with Crippen LogP contribution in [0.25, 0.3) is 0 Å². The summed E-state index contributed by atoms with van der Waals surface area (Å²) in [5.41, 5.74) is 0. The van der Waals surface area contributed by atoms with E-state index in [0.29, 0.717) is 0 Å². The summed E-state index contributed by atoms with van der Waals surface area (Å²) in [4.78, 5) is 0. The summed E-state index contributed by atoms with van der Waals surface area (Å²) in [6.45, 7) is 2.32. The Hall–Kier alpha value is -1.03. The summed E-state index contributed by atoms with van der Waals surface area (Å²) in [6, 6.07) is 2.04. The second-order valence-electron chi connectivity index (χ2n) is 8.26. The molecule has 0 saturated heterocycles. The summed E-state index contributed by atoms with van der Waals surface area (Å²) < 4.78 is 0. The number of hydrogen-bond donors (Lipinski definition) is 0. The van der Waals surface area contributed by atoms with Gasteiger partial charge in [-0.2, -0.15) is 5.26 Å². The van der Waals surface area contributed by atoms with E-state index in [2.05, 4.69) is 19.1 Å². The van der Waals surface area contributed by atoms with Crippen LogP contribution in [-0.2, 0) is 0 Å². The van der Waals surface area contributed by atoms with Gasteiger partial charge in [0, 0.05) is 6.08 Å². The molecule has 0 aromatic carbocycles. The Morgan fingerprint density at radius 3 is 1.88 bits per heavy atom. The summed E-state index contributed by atoms with van der Waals surface area (Å²) in [6.07, 6.45) is 26.7. The van der Waals surface area contributed by atoms with Crippen LogP contribution in [0.1, 0.15) is 90.4 Å². The minimum atomic E-state index is 0.749. The van der Waals surface area contributed by atoms with Gasteiger partial charge < -0.3 is 0 Å². The maximum atomic E-state index is 8.49. The zero-order valence-corrected chi connectivity index (χ0v) is 15.8. The lowest BCUT2D eigenvalue weighted by molar-refractivity contribution is 0.220. The molecule has 0 spiro atoms. The Morgan fingerprint density at radius 2 is 1.33 bits per heavy atom. The van der Waals surface area contributed by atoms with Crippen LogP contribution in [0.2, 0.25) is 0 Å². The molecule has 0 aromatic heterocycles. The molecule has 1 nitrogen and oxygen atoms in total. The van der Waals surface area contributed by atoms with Crippen molar-refractivity contribution in [2.45, 2.75) is 90.4 Å². The van der Waals surface area contributed by atoms with Crippen molar-refractivity contribution in [3.05, 3.63) is 24.3 Å². The standard InChI is InChI=1S/C23H37N/c1-2-3-7-20-9-13-22(14-10-20)17-18-23-15-11-21(12-16-23)8-5-4-6-19-24/h4-6,8,20-23H,2-3,7,9-18H2,1H3/t20-,21-,22-,23-. The molecule has 2 saturated carbocycles. The van der Waals surface area contributed by atoms with Crippen LogP contribution in [0, 0.1) is 35.0 Å². The summed E-state index contributed by atoms with van der Waals surface area (Å²) in [5, 5.41) is 8.49. The molecule has 2 fully saturated rings. The fourth-order valence-electron chi connectivity index (χ4n) is 4.76. The van der Waals surface area contributed by atoms with Gasteiger partial charge in [-0.3, -0.25) is 0 Å². The number of nitrogens with zero attached hydrogens (tertiary/aromatic N) is 1. The lowest BCUT2D eigenvalue weighted by Gasteiger charge is -2.31. The second kappa shape index (κ2) is 11.5. The molecular formula is C23H37N. The molecule has 134 valence electrons. The van der Waals surface area contributed by atoms with Crippen molar-refractivity contribution in [1.82, 2.24) is 0 Å². The fraction of sp³-hybridized carbons (Fsp3) is 0.783. The number of rotatable bonds is 8. The third kappa shape index (κ3) is 7.25. The molecule has 0 aromatic rings. The van der Waals surface area contributed by atoms with Crippen molar-refractivity contribution in [1.29, 1.82) is 5.26 Å². The molecule has 0 unspecified atom stereocenters. The zero-order chi connectivity index (χ0) is 17.0. The monoisotopic (exact) mass is 327 g/mol. The molecule has 0 heterocycles. The molecule has 1 heteroatoms. The van der Waals surface area contributed by atoms with Gasteiger partial charge in [0.25, 0.3) is 0 Å². The Labute approximate surface area is 150 Å². The van der Waals surface area contributed by atoms with E-state index in [9.17, 15) is 0 Å². The van der Waals surface area contributed by atoms with Gasteiger partial charge in [-0.1, -0.05) is 82.9 Å². The first-order valence-corrected chi connectivity index (χ1v) is 10.5. The van der Waals surface area contributed by atoms with E-state index >= 15 is 0 Å². The van der Waals surface area contributed by atoms with Crippen molar-refractivity contribution in [2.75, 3.05) is 0 Å². The van der Waals surface area contributed by atoms with Crippen molar-refractivity contribution in [3.63, 3.8) is 0 Å². The SMILES string of the molecule is CCCC[C@H]1CC[C@H](CC[C@H]2CC[C@H](C=CC=CC#N)CC2)CC1. The van der Waals surface area contributed by atoms with Crippen molar-refractivity contribution >= 4 is 0 Å². The van der Waals surface area contributed by atoms with Gasteiger partial charge in [-0.25, -0.2) is 0 Å². The van der Waals surface area contributed by atoms with Gasteiger partial charge in [0.2, 0.25) is 0 Å². The van der Waals surface area contributed by atoms with Crippen molar-refractivity contribution < 1.29 is 0 Å². The Morgan fingerprint density at radius 1 is 0.792 bits per heavy atom. The van der Waals surface area contributed by atoms with Crippen LogP contribution >= 0.6 is 0 Å². The zero-order valence-electron chi connectivity index (χ0n) is 15.8. The molecule has 2 aliphatic carbocycles. The van der Waals surface area contributed by atoms with E-state index in [4.69, 9.17) is 5.26 Å². The summed E-state index contributed by atoms with van der Waals surface area (Å²) >= 11 is 0. The van der Waals surface area contributed by atoms with E-state index in [0.717, 1.165) is 23.7 Å². The highest BCUT2D eigenvalue weighted by atomic mass is 14.3. The average molecular weight is 328 g/mol. The lowest BCUT2D eigenvalue weighted by Crippen LogP contribution is -2.17. The van der Waals surface area contributed by atoms with Gasteiger partial charge >= 0.3 is 0 Å². The number of unbranched alkanes of at least 4 members (excludes halogenated alkanes) is 1. The van der Waals surface area contributed by atoms with Crippen molar-refractivity contribution in [2.24, 2.45) is 23.7 Å². The third-order valence-electron chi connectivity index (χ3n) is 6.47. The van der Waals surface area contributed by atoms with E-state index in [1.165, 1.54) is 83.5 Å². The molecule has 0 N–H and O–H groups in total. The minimum absolute atomic E-state index is 0.749. The molecule has 0 amide bonds. The molecule has 2 aliphatic rings. The van der Waals surface area contributed by atoms with Gasteiger partial charge in [0.1, 0.15) is 0 Å². The highest BCUT2D eigenvalue weighted by molar-refractivity contribution is 5.12. The molecule has 24 heavy (non-hydrogen) atoms. The predicted molar refractivity (Wildman–Crippen MR) is 104 cm³/mol. The highest BCUT2D eigenvalue weighted by Crippen LogP contribution is 2.37. The van der Waals surface area contributed by atoms with E-state index in [-0.39, 0.29) is 0 Å². The van der Waals surface area contributed by atoms with Crippen LogP contribution in [-0.4, -0.2) is 0 Å².